The molecule has 0 saturated carbocycles. The summed E-state index contributed by atoms with van der Waals surface area (Å²) in [6.45, 7) is 1.09. The van der Waals surface area contributed by atoms with Crippen LogP contribution in [0.25, 0.3) is 0 Å². The van der Waals surface area contributed by atoms with Crippen molar-refractivity contribution in [2.24, 2.45) is 7.05 Å². The van der Waals surface area contributed by atoms with Crippen molar-refractivity contribution in [1.82, 2.24) is 25.3 Å². The lowest BCUT2D eigenvalue weighted by atomic mass is 10.0. The lowest BCUT2D eigenvalue weighted by Crippen LogP contribution is -2.44. The fraction of sp³-hybridized carbons (Fsp3) is 0.455. The summed E-state index contributed by atoms with van der Waals surface area (Å²) >= 11 is 0. The van der Waals surface area contributed by atoms with Crippen molar-refractivity contribution < 1.29 is 14.4 Å². The van der Waals surface area contributed by atoms with Gasteiger partial charge in [0, 0.05) is 26.3 Å². The number of carbonyl (C=O) groups is 3. The first-order valence-electron chi connectivity index (χ1n) is 10.4. The summed E-state index contributed by atoms with van der Waals surface area (Å²) in [4.78, 5) is 39.7. The summed E-state index contributed by atoms with van der Waals surface area (Å²) in [6.07, 6.45) is 7.07. The van der Waals surface area contributed by atoms with Gasteiger partial charge in [-0.2, -0.15) is 5.10 Å². The van der Waals surface area contributed by atoms with Gasteiger partial charge in [0.05, 0.1) is 30.8 Å². The number of nitrogens with zero attached hydrogens (tertiary/aromatic N) is 3. The van der Waals surface area contributed by atoms with E-state index in [1.165, 1.54) is 10.9 Å². The minimum Gasteiger partial charge on any atom is -0.356 e. The van der Waals surface area contributed by atoms with Gasteiger partial charge in [-0.05, 0) is 18.4 Å². The van der Waals surface area contributed by atoms with Gasteiger partial charge in [-0.15, -0.1) is 0 Å². The van der Waals surface area contributed by atoms with Crippen LogP contribution in [0.5, 0.6) is 0 Å². The molecule has 1 aromatic carbocycles. The summed E-state index contributed by atoms with van der Waals surface area (Å²) < 4.78 is 1.54. The van der Waals surface area contributed by atoms with Gasteiger partial charge < -0.3 is 15.5 Å². The molecule has 1 saturated heterocycles. The Bertz CT molecular complexity index is 865. The Morgan fingerprint density at radius 3 is 2.67 bits per heavy atom. The largest absolute Gasteiger partial charge is 0.356 e. The molecule has 8 heteroatoms. The third-order valence-electron chi connectivity index (χ3n) is 5.27. The first-order chi connectivity index (χ1) is 14.5. The van der Waals surface area contributed by atoms with E-state index in [1.807, 2.05) is 30.3 Å². The molecule has 30 heavy (non-hydrogen) atoms. The lowest BCUT2D eigenvalue weighted by Gasteiger charge is -2.32. The van der Waals surface area contributed by atoms with E-state index in [0.29, 0.717) is 18.7 Å². The molecule has 1 unspecified atom stereocenters. The van der Waals surface area contributed by atoms with Crippen LogP contribution in [0.4, 0.5) is 0 Å². The van der Waals surface area contributed by atoms with E-state index in [1.54, 1.807) is 18.1 Å². The smallest absolute Gasteiger partial charge is 0.254 e. The van der Waals surface area contributed by atoms with Crippen molar-refractivity contribution in [3.63, 3.8) is 0 Å². The van der Waals surface area contributed by atoms with E-state index < -0.39 is 0 Å². The van der Waals surface area contributed by atoms with Crippen molar-refractivity contribution in [2.45, 2.75) is 38.1 Å². The van der Waals surface area contributed by atoms with Gasteiger partial charge in [0.15, 0.2) is 0 Å². The van der Waals surface area contributed by atoms with Crippen LogP contribution in [0.2, 0.25) is 0 Å². The zero-order chi connectivity index (χ0) is 21.3. The fourth-order valence-electron chi connectivity index (χ4n) is 3.67. The molecule has 1 aliphatic rings. The Kier molecular flexibility index (Phi) is 7.59. The average molecular weight is 412 g/mol. The molecule has 2 aromatic rings. The molecule has 3 rings (SSSR count). The summed E-state index contributed by atoms with van der Waals surface area (Å²) in [7, 11) is 1.73. The van der Waals surface area contributed by atoms with Gasteiger partial charge in [-0.3, -0.25) is 19.1 Å². The molecule has 1 fully saturated rings. The number of amides is 3. The van der Waals surface area contributed by atoms with Crippen LogP contribution in [0.1, 0.15) is 54.1 Å². The number of aromatic nitrogens is 2. The molecule has 1 aromatic heterocycles. The summed E-state index contributed by atoms with van der Waals surface area (Å²) in [5.74, 6) is -0.612. The van der Waals surface area contributed by atoms with Crippen molar-refractivity contribution in [1.29, 1.82) is 0 Å². The average Bonchev–Trinajstić information content (AvgIpc) is 3.17. The van der Waals surface area contributed by atoms with Crippen LogP contribution in [-0.4, -0.2) is 52.0 Å². The molecule has 0 bridgehead atoms. The normalized spacial score (nSPS) is 18.2. The number of rotatable bonds is 4. The first-order valence-corrected chi connectivity index (χ1v) is 10.4. The third kappa shape index (κ3) is 5.92. The summed E-state index contributed by atoms with van der Waals surface area (Å²) in [5, 5.41) is 9.62. The summed E-state index contributed by atoms with van der Waals surface area (Å²) in [5.41, 5.74) is 1.32. The number of hydrogen-bond acceptors (Lipinski definition) is 4. The number of benzene rings is 1. The zero-order valence-corrected chi connectivity index (χ0v) is 17.3. The van der Waals surface area contributed by atoms with Gasteiger partial charge in [0.2, 0.25) is 11.8 Å². The molecule has 160 valence electrons. The van der Waals surface area contributed by atoms with E-state index in [2.05, 4.69) is 15.7 Å². The maximum absolute atomic E-state index is 13.1. The highest BCUT2D eigenvalue weighted by atomic mass is 16.2. The van der Waals surface area contributed by atoms with E-state index in [9.17, 15) is 14.4 Å². The maximum atomic E-state index is 13.1. The Labute approximate surface area is 176 Å². The van der Waals surface area contributed by atoms with Crippen LogP contribution in [-0.2, 0) is 16.6 Å². The molecular formula is C22H29N5O3. The quantitative estimate of drug-likeness (QED) is 0.802. The highest BCUT2D eigenvalue weighted by Gasteiger charge is 2.27. The minimum absolute atomic E-state index is 0.0667. The van der Waals surface area contributed by atoms with Gasteiger partial charge in [0.1, 0.15) is 0 Å². The second-order valence-corrected chi connectivity index (χ2v) is 7.57. The van der Waals surface area contributed by atoms with Gasteiger partial charge >= 0.3 is 0 Å². The SMILES string of the molecule is Cn1cc(C(=O)NCC(=O)N2CCCCCCNC(=O)CC2c2ccccc2)cn1. The van der Waals surface area contributed by atoms with Crippen LogP contribution >= 0.6 is 0 Å². The lowest BCUT2D eigenvalue weighted by molar-refractivity contribution is -0.134. The van der Waals surface area contributed by atoms with E-state index in [4.69, 9.17) is 0 Å². The molecule has 8 nitrogen and oxygen atoms in total. The van der Waals surface area contributed by atoms with Crippen LogP contribution in [0, 0.1) is 0 Å². The van der Waals surface area contributed by atoms with Crippen LogP contribution in [0.3, 0.4) is 0 Å². The zero-order valence-electron chi connectivity index (χ0n) is 17.3. The predicted molar refractivity (Wildman–Crippen MR) is 113 cm³/mol. The number of hydrogen-bond donors (Lipinski definition) is 2. The molecule has 0 aliphatic carbocycles. The van der Waals surface area contributed by atoms with Crippen molar-refractivity contribution in [3.8, 4) is 0 Å². The number of carbonyl (C=O) groups excluding carboxylic acids is 3. The van der Waals surface area contributed by atoms with Crippen LogP contribution < -0.4 is 10.6 Å². The Hall–Kier alpha value is -3.16. The predicted octanol–water partition coefficient (Wildman–Crippen LogP) is 1.80. The van der Waals surface area contributed by atoms with E-state index >= 15 is 0 Å². The van der Waals surface area contributed by atoms with Gasteiger partial charge in [0.25, 0.3) is 5.91 Å². The van der Waals surface area contributed by atoms with Crippen molar-refractivity contribution in [3.05, 3.63) is 53.9 Å². The molecule has 3 amide bonds. The number of aryl methyl sites for hydroxylation is 1. The molecule has 2 N–H and O–H groups in total. The molecule has 2 heterocycles. The van der Waals surface area contributed by atoms with Crippen molar-refractivity contribution in [2.75, 3.05) is 19.6 Å². The van der Waals surface area contributed by atoms with E-state index in [-0.39, 0.29) is 36.7 Å². The molecule has 1 aliphatic heterocycles. The van der Waals surface area contributed by atoms with Gasteiger partial charge in [-0.25, -0.2) is 0 Å². The maximum Gasteiger partial charge on any atom is 0.254 e. The molecule has 1 atom stereocenters. The fourth-order valence-corrected chi connectivity index (χ4v) is 3.67. The Morgan fingerprint density at radius 2 is 1.93 bits per heavy atom. The third-order valence-corrected chi connectivity index (χ3v) is 5.27. The standard InChI is InChI=1S/C22H29N5O3/c1-26-16-18(14-25-26)22(30)24-15-21(29)27-12-8-3-2-7-11-23-20(28)13-19(27)17-9-5-4-6-10-17/h4-6,9-10,14,16,19H,2-3,7-8,11-13,15H2,1H3,(H,23,28)(H,24,30). The Morgan fingerprint density at radius 1 is 1.17 bits per heavy atom. The topological polar surface area (TPSA) is 96.3 Å². The van der Waals surface area contributed by atoms with Crippen molar-refractivity contribution >= 4 is 17.7 Å². The highest BCUT2D eigenvalue weighted by molar-refractivity contribution is 5.96. The van der Waals surface area contributed by atoms with E-state index in [0.717, 1.165) is 31.2 Å². The molecule has 0 radical (unpaired) electrons. The molecule has 0 spiro atoms. The first kappa shape index (κ1) is 21.5. The Balaban J connectivity index is 1.76. The van der Waals surface area contributed by atoms with Gasteiger partial charge in [-0.1, -0.05) is 43.2 Å². The highest BCUT2D eigenvalue weighted by Crippen LogP contribution is 2.25. The second kappa shape index (κ2) is 10.6. The van der Waals surface area contributed by atoms with Crippen LogP contribution in [0.15, 0.2) is 42.7 Å². The minimum atomic E-state index is -0.368. The number of nitrogens with one attached hydrogen (secondary N) is 2. The second-order valence-electron chi connectivity index (χ2n) is 7.57. The summed E-state index contributed by atoms with van der Waals surface area (Å²) in [6, 6.07) is 9.23. The monoisotopic (exact) mass is 411 g/mol. The molecular weight excluding hydrogens is 382 g/mol.